The smallest absolute Gasteiger partial charge is 0.0962 e. The first-order valence-corrected chi connectivity index (χ1v) is 3.71. The van der Waals surface area contributed by atoms with E-state index < -0.39 is 0 Å². The summed E-state index contributed by atoms with van der Waals surface area (Å²) in [6.07, 6.45) is 2.81. The fraction of sp³-hybridized carbons (Fsp3) is 0.250. The van der Waals surface area contributed by atoms with E-state index in [9.17, 15) is 0 Å². The van der Waals surface area contributed by atoms with Gasteiger partial charge in [0.1, 0.15) is 0 Å². The van der Waals surface area contributed by atoms with Crippen LogP contribution in [0.3, 0.4) is 0 Å². The molecule has 0 aliphatic carbocycles. The number of rotatable bonds is 1. The van der Waals surface area contributed by atoms with E-state index in [-0.39, 0.29) is 0 Å². The van der Waals surface area contributed by atoms with Crippen LogP contribution in [0.25, 0.3) is 0 Å². The third-order valence-electron chi connectivity index (χ3n) is 0.658. The first-order chi connectivity index (χ1) is 3.43. The van der Waals surface area contributed by atoms with Crippen molar-refractivity contribution in [3.8, 4) is 0 Å². The van der Waals surface area contributed by atoms with Crippen molar-refractivity contribution in [3.05, 3.63) is 16.6 Å². The lowest BCUT2D eigenvalue weighted by Gasteiger charge is -1.77. The quantitative estimate of drug-likeness (QED) is 0.526. The largest absolute Gasteiger partial charge is 0.249 e. The summed E-state index contributed by atoms with van der Waals surface area (Å²) in [5, 5.41) is 3.17. The predicted octanol–water partition coefficient (Wildman–Crippen LogP) is 1.52. The summed E-state index contributed by atoms with van der Waals surface area (Å²) in [5.74, 6) is 0. The monoisotopic (exact) mass is 131 g/mol. The lowest BCUT2D eigenvalue weighted by atomic mass is 10.8. The maximum Gasteiger partial charge on any atom is 0.0962 e. The second-order valence-corrected chi connectivity index (χ2v) is 2.52. The minimum absolute atomic E-state index is 0.984. The molecule has 1 nitrogen and oxygen atoms in total. The van der Waals surface area contributed by atoms with Crippen LogP contribution in [0.5, 0.6) is 0 Å². The fourth-order valence-corrected chi connectivity index (χ4v) is 1.24. The van der Waals surface area contributed by atoms with Crippen LogP contribution in [-0.4, -0.2) is 4.98 Å². The molecule has 1 aromatic rings. The first kappa shape index (κ1) is 5.20. The average Bonchev–Trinajstić information content (AvgIpc) is 2.14. The molecule has 0 aromatic carbocycles. The van der Waals surface area contributed by atoms with Crippen molar-refractivity contribution in [3.63, 3.8) is 0 Å². The van der Waals surface area contributed by atoms with Crippen molar-refractivity contribution in [2.75, 3.05) is 0 Å². The van der Waals surface area contributed by atoms with Crippen LogP contribution in [0.4, 0.5) is 0 Å². The molecule has 7 heavy (non-hydrogen) atoms. The first-order valence-electron chi connectivity index (χ1n) is 2.02. The Bertz CT molecular complexity index is 126. The normalized spacial score (nSPS) is 9.29. The molecule has 0 saturated heterocycles. The highest BCUT2D eigenvalue weighted by atomic mass is 32.1. The van der Waals surface area contributed by atoms with E-state index in [0.717, 1.165) is 6.16 Å². The van der Waals surface area contributed by atoms with E-state index in [1.807, 2.05) is 11.6 Å². The van der Waals surface area contributed by atoms with Crippen LogP contribution in [0, 0.1) is 0 Å². The molecule has 0 N–H and O–H groups in total. The molecule has 0 aliphatic rings. The summed E-state index contributed by atoms with van der Waals surface area (Å²) in [6, 6.07) is 0. The Labute approximate surface area is 49.0 Å². The summed E-state index contributed by atoms with van der Waals surface area (Å²) in [5.41, 5.74) is 0. The molecule has 1 heterocycles. The number of hydrogen-bond acceptors (Lipinski definition) is 2. The summed E-state index contributed by atoms with van der Waals surface area (Å²) in [6.45, 7) is 0. The van der Waals surface area contributed by atoms with Gasteiger partial charge in [-0.2, -0.15) is 0 Å². The van der Waals surface area contributed by atoms with Gasteiger partial charge in [0.15, 0.2) is 0 Å². The number of nitrogens with zero attached hydrogens (tertiary/aromatic N) is 1. The molecule has 38 valence electrons. The molecule has 0 amide bonds. The van der Waals surface area contributed by atoms with Crippen LogP contribution in [0.1, 0.15) is 5.01 Å². The van der Waals surface area contributed by atoms with Gasteiger partial charge in [-0.1, -0.05) is 0 Å². The summed E-state index contributed by atoms with van der Waals surface area (Å²) >= 11 is 1.69. The molecule has 1 rings (SSSR count). The van der Waals surface area contributed by atoms with Gasteiger partial charge < -0.3 is 0 Å². The Kier molecular flexibility index (Phi) is 1.77. The van der Waals surface area contributed by atoms with Crippen LogP contribution < -0.4 is 0 Å². The van der Waals surface area contributed by atoms with Gasteiger partial charge in [-0.25, -0.2) is 4.98 Å². The van der Waals surface area contributed by atoms with E-state index in [0.29, 0.717) is 0 Å². The maximum absolute atomic E-state index is 4.03. The van der Waals surface area contributed by atoms with Crippen molar-refractivity contribution in [2.45, 2.75) is 6.16 Å². The Balaban J connectivity index is 2.76. The molecular formula is C4H6NPS. The third-order valence-corrected chi connectivity index (χ3v) is 2.14. The van der Waals surface area contributed by atoms with Crippen molar-refractivity contribution in [2.24, 2.45) is 0 Å². The molecule has 0 saturated carbocycles. The molecule has 0 radical (unpaired) electrons. The van der Waals surface area contributed by atoms with E-state index in [4.69, 9.17) is 0 Å². The zero-order chi connectivity index (χ0) is 5.11. The zero-order valence-corrected chi connectivity index (χ0v) is 5.77. The van der Waals surface area contributed by atoms with Gasteiger partial charge in [0, 0.05) is 17.7 Å². The molecule has 0 spiro atoms. The maximum atomic E-state index is 4.03. The highest BCUT2D eigenvalue weighted by Crippen LogP contribution is 2.07. The standard InChI is InChI=1S/C4H6NPS/c6-3-4-5-1-2-7-4/h1-2H,3,6H2. The van der Waals surface area contributed by atoms with Crippen LogP contribution in [0.2, 0.25) is 0 Å². The zero-order valence-electron chi connectivity index (χ0n) is 3.79. The third kappa shape index (κ3) is 1.22. The Hall–Kier alpha value is 0.0600. The molecule has 1 aromatic heterocycles. The van der Waals surface area contributed by atoms with Gasteiger partial charge in [-0.3, -0.25) is 0 Å². The van der Waals surface area contributed by atoms with E-state index in [1.54, 1.807) is 11.3 Å². The fourth-order valence-electron chi connectivity index (χ4n) is 0.354. The molecule has 1 unspecified atom stereocenters. The molecule has 0 bridgehead atoms. The molecule has 0 aliphatic heterocycles. The molecule has 3 heteroatoms. The summed E-state index contributed by atoms with van der Waals surface area (Å²) < 4.78 is 0. The molecular weight excluding hydrogens is 125 g/mol. The van der Waals surface area contributed by atoms with Crippen molar-refractivity contribution < 1.29 is 0 Å². The highest BCUT2D eigenvalue weighted by molar-refractivity contribution is 7.18. The van der Waals surface area contributed by atoms with E-state index >= 15 is 0 Å². The van der Waals surface area contributed by atoms with E-state index in [2.05, 4.69) is 14.2 Å². The van der Waals surface area contributed by atoms with Crippen LogP contribution in [0.15, 0.2) is 11.6 Å². The molecule has 1 atom stereocenters. The van der Waals surface area contributed by atoms with Crippen LogP contribution >= 0.6 is 20.6 Å². The van der Waals surface area contributed by atoms with Gasteiger partial charge in [0.25, 0.3) is 0 Å². The number of hydrogen-bond donors (Lipinski definition) is 0. The second kappa shape index (κ2) is 2.39. The topological polar surface area (TPSA) is 12.9 Å². The number of aromatic nitrogens is 1. The second-order valence-electron chi connectivity index (χ2n) is 1.13. The highest BCUT2D eigenvalue weighted by Gasteiger charge is 1.84. The van der Waals surface area contributed by atoms with Crippen LogP contribution in [-0.2, 0) is 6.16 Å². The minimum Gasteiger partial charge on any atom is -0.249 e. The average molecular weight is 131 g/mol. The SMILES string of the molecule is PCc1nccs1. The minimum atomic E-state index is 0.984. The van der Waals surface area contributed by atoms with Gasteiger partial charge in [-0.05, 0) is 0 Å². The lowest BCUT2D eigenvalue weighted by Crippen LogP contribution is -1.66. The van der Waals surface area contributed by atoms with E-state index in [1.165, 1.54) is 5.01 Å². The van der Waals surface area contributed by atoms with Gasteiger partial charge >= 0.3 is 0 Å². The van der Waals surface area contributed by atoms with Crippen molar-refractivity contribution in [1.29, 1.82) is 0 Å². The van der Waals surface area contributed by atoms with Gasteiger partial charge in [0.05, 0.1) is 5.01 Å². The number of thiazole rings is 1. The Morgan fingerprint density at radius 3 is 3.00 bits per heavy atom. The van der Waals surface area contributed by atoms with Crippen molar-refractivity contribution >= 4 is 20.6 Å². The van der Waals surface area contributed by atoms with Gasteiger partial charge in [-0.15, -0.1) is 20.6 Å². The van der Waals surface area contributed by atoms with Gasteiger partial charge in [0.2, 0.25) is 0 Å². The summed E-state index contributed by atoms with van der Waals surface area (Å²) in [7, 11) is 2.63. The Morgan fingerprint density at radius 2 is 2.71 bits per heavy atom. The predicted molar refractivity (Wildman–Crippen MR) is 35.5 cm³/mol. The lowest BCUT2D eigenvalue weighted by molar-refractivity contribution is 1.27. The Morgan fingerprint density at radius 1 is 1.86 bits per heavy atom. The summed E-state index contributed by atoms with van der Waals surface area (Å²) in [4.78, 5) is 4.03. The molecule has 0 fully saturated rings. The van der Waals surface area contributed by atoms with Crippen molar-refractivity contribution in [1.82, 2.24) is 4.98 Å².